The zero-order valence-corrected chi connectivity index (χ0v) is 16.5. The molecule has 1 saturated carbocycles. The van der Waals surface area contributed by atoms with Crippen molar-refractivity contribution in [1.82, 2.24) is 0 Å². The molecule has 1 aliphatic heterocycles. The molecule has 0 bridgehead atoms. The lowest BCUT2D eigenvalue weighted by atomic mass is 9.71. The summed E-state index contributed by atoms with van der Waals surface area (Å²) >= 11 is 0. The Labute approximate surface area is 156 Å². The predicted octanol–water partition coefficient (Wildman–Crippen LogP) is 4.76. The number of hydrogen-bond donors (Lipinski definition) is 0. The van der Waals surface area contributed by atoms with Crippen molar-refractivity contribution < 1.29 is 9.30 Å². The molecule has 3 heteroatoms. The van der Waals surface area contributed by atoms with Gasteiger partial charge in [-0.25, -0.2) is 0 Å². The van der Waals surface area contributed by atoms with Gasteiger partial charge in [-0.3, -0.25) is 0 Å². The Balaban J connectivity index is 1.63. The summed E-state index contributed by atoms with van der Waals surface area (Å²) in [5.74, 6) is 1.09. The summed E-state index contributed by atoms with van der Waals surface area (Å²) in [6.45, 7) is 5.50. The van der Waals surface area contributed by atoms with Crippen LogP contribution in [0, 0.1) is 11.8 Å². The Morgan fingerprint density at radius 2 is 1.42 bits per heavy atom. The highest BCUT2D eigenvalue weighted by molar-refractivity contribution is 7.78. The van der Waals surface area contributed by atoms with E-state index in [1.807, 2.05) is 60.7 Å². The van der Waals surface area contributed by atoms with E-state index in [0.717, 1.165) is 30.1 Å². The minimum atomic E-state index is -2.65. The molecule has 2 aromatic rings. The molecule has 0 aromatic heterocycles. The molecule has 2 fully saturated rings. The second-order valence-corrected chi connectivity index (χ2v) is 10.8. The summed E-state index contributed by atoms with van der Waals surface area (Å²) in [6.07, 6.45) is 4.99. The van der Waals surface area contributed by atoms with Gasteiger partial charge < -0.3 is 9.30 Å². The highest BCUT2D eigenvalue weighted by atomic mass is 31.2. The van der Waals surface area contributed by atoms with Crippen LogP contribution in [-0.4, -0.2) is 18.4 Å². The highest BCUT2D eigenvalue weighted by Gasteiger charge is 2.55. The normalized spacial score (nSPS) is 28.2. The van der Waals surface area contributed by atoms with Crippen molar-refractivity contribution in [1.29, 1.82) is 0 Å². The summed E-state index contributed by atoms with van der Waals surface area (Å²) in [4.78, 5) is 0. The lowest BCUT2D eigenvalue weighted by Gasteiger charge is -2.34. The number of allylic oxidation sites excluding steroid dienone is 2. The van der Waals surface area contributed by atoms with Crippen LogP contribution in [0.4, 0.5) is 0 Å². The zero-order valence-electron chi connectivity index (χ0n) is 15.6. The second kappa shape index (κ2) is 6.83. The minimum Gasteiger partial charge on any atom is -0.369 e. The molecule has 1 saturated heterocycles. The van der Waals surface area contributed by atoms with Crippen molar-refractivity contribution in [3.05, 3.63) is 72.3 Å². The molecule has 2 aromatic carbocycles. The summed E-state index contributed by atoms with van der Waals surface area (Å²) in [5.41, 5.74) is 1.57. The standard InChI is InChI=1S/C23H27O2P/c1-18-15-20(16-19(2)23(18)17-25-23)13-14-26(24,21-9-5-3-6-10-21)22-11-7-4-8-12-22/h3-13,18-19H,14-17H2,1-2H3/t18-,19-,23?/m1/s1. The van der Waals surface area contributed by atoms with E-state index in [0.29, 0.717) is 18.0 Å². The van der Waals surface area contributed by atoms with Gasteiger partial charge in [0.2, 0.25) is 0 Å². The van der Waals surface area contributed by atoms with Gasteiger partial charge in [-0.1, -0.05) is 86.2 Å². The van der Waals surface area contributed by atoms with Crippen LogP contribution in [0.15, 0.2) is 72.3 Å². The monoisotopic (exact) mass is 366 g/mol. The van der Waals surface area contributed by atoms with E-state index >= 15 is 0 Å². The third-order valence-corrected chi connectivity index (χ3v) is 9.23. The maximum atomic E-state index is 14.1. The molecule has 1 heterocycles. The van der Waals surface area contributed by atoms with Gasteiger partial charge in [0.15, 0.2) is 0 Å². The van der Waals surface area contributed by atoms with Crippen LogP contribution < -0.4 is 10.6 Å². The van der Waals surface area contributed by atoms with E-state index in [1.54, 1.807) is 0 Å². The summed E-state index contributed by atoms with van der Waals surface area (Å²) in [5, 5.41) is 1.89. The summed E-state index contributed by atoms with van der Waals surface area (Å²) in [6, 6.07) is 19.9. The molecule has 0 unspecified atom stereocenters. The minimum absolute atomic E-state index is 0.125. The first kappa shape index (κ1) is 17.8. The zero-order chi connectivity index (χ0) is 18.2. The third kappa shape index (κ3) is 3.10. The van der Waals surface area contributed by atoms with Crippen LogP contribution >= 0.6 is 7.14 Å². The maximum Gasteiger partial charge on any atom is 0.146 e. The van der Waals surface area contributed by atoms with Crippen molar-refractivity contribution in [2.45, 2.75) is 32.3 Å². The van der Waals surface area contributed by atoms with Gasteiger partial charge >= 0.3 is 0 Å². The lowest BCUT2D eigenvalue weighted by molar-refractivity contribution is 0.138. The maximum absolute atomic E-state index is 14.1. The first-order valence-electron chi connectivity index (χ1n) is 9.57. The van der Waals surface area contributed by atoms with Crippen LogP contribution in [-0.2, 0) is 9.30 Å². The molecule has 2 aliphatic rings. The molecule has 0 N–H and O–H groups in total. The van der Waals surface area contributed by atoms with Crippen molar-refractivity contribution >= 4 is 17.8 Å². The first-order valence-corrected chi connectivity index (χ1v) is 11.5. The number of hydrogen-bond acceptors (Lipinski definition) is 2. The van der Waals surface area contributed by atoms with Crippen molar-refractivity contribution in [3.63, 3.8) is 0 Å². The molecule has 1 aliphatic carbocycles. The Morgan fingerprint density at radius 1 is 0.962 bits per heavy atom. The molecule has 1 spiro atoms. The van der Waals surface area contributed by atoms with E-state index in [2.05, 4.69) is 19.9 Å². The number of benzene rings is 2. The summed E-state index contributed by atoms with van der Waals surface area (Å²) < 4.78 is 19.9. The Bertz CT molecular complexity index is 778. The van der Waals surface area contributed by atoms with Crippen molar-refractivity contribution in [2.24, 2.45) is 11.8 Å². The van der Waals surface area contributed by atoms with Gasteiger partial charge in [0, 0.05) is 16.8 Å². The molecular weight excluding hydrogens is 339 g/mol. The Hall–Kier alpha value is -1.63. The smallest absolute Gasteiger partial charge is 0.146 e. The molecule has 2 atom stereocenters. The quantitative estimate of drug-likeness (QED) is 0.443. The summed E-state index contributed by atoms with van der Waals surface area (Å²) in [7, 11) is -2.65. The molecule has 0 radical (unpaired) electrons. The van der Waals surface area contributed by atoms with Gasteiger partial charge in [-0.2, -0.15) is 0 Å². The van der Waals surface area contributed by atoms with Gasteiger partial charge in [-0.05, 0) is 24.7 Å². The van der Waals surface area contributed by atoms with Crippen LogP contribution in [0.1, 0.15) is 26.7 Å². The van der Waals surface area contributed by atoms with E-state index in [1.165, 1.54) is 5.57 Å². The average molecular weight is 366 g/mol. The third-order valence-electron chi connectivity index (χ3n) is 6.27. The van der Waals surface area contributed by atoms with E-state index in [4.69, 9.17) is 4.74 Å². The fraction of sp³-hybridized carbons (Fsp3) is 0.391. The number of epoxide rings is 1. The largest absolute Gasteiger partial charge is 0.369 e. The van der Waals surface area contributed by atoms with Gasteiger partial charge in [0.1, 0.15) is 7.14 Å². The van der Waals surface area contributed by atoms with Crippen LogP contribution in [0.3, 0.4) is 0 Å². The van der Waals surface area contributed by atoms with E-state index in [9.17, 15) is 4.57 Å². The molecule has 4 rings (SSSR count). The molecule has 2 nitrogen and oxygen atoms in total. The van der Waals surface area contributed by atoms with Crippen LogP contribution in [0.2, 0.25) is 0 Å². The first-order chi connectivity index (χ1) is 12.5. The topological polar surface area (TPSA) is 29.6 Å². The second-order valence-electron chi connectivity index (χ2n) is 7.91. The lowest BCUT2D eigenvalue weighted by Crippen LogP contribution is -2.35. The molecule has 136 valence electrons. The molecular formula is C23H27O2P. The van der Waals surface area contributed by atoms with Crippen LogP contribution in [0.5, 0.6) is 0 Å². The van der Waals surface area contributed by atoms with Crippen LogP contribution in [0.25, 0.3) is 0 Å². The fourth-order valence-electron chi connectivity index (χ4n) is 4.48. The Kier molecular flexibility index (Phi) is 4.67. The fourth-order valence-corrected chi connectivity index (χ4v) is 7.02. The van der Waals surface area contributed by atoms with Crippen molar-refractivity contribution in [2.75, 3.05) is 12.8 Å². The number of ether oxygens (including phenoxy) is 1. The van der Waals surface area contributed by atoms with Gasteiger partial charge in [0.25, 0.3) is 0 Å². The average Bonchev–Trinajstić information content (AvgIpc) is 3.48. The van der Waals surface area contributed by atoms with E-state index < -0.39 is 7.14 Å². The van der Waals surface area contributed by atoms with Gasteiger partial charge in [0.05, 0.1) is 12.2 Å². The Morgan fingerprint density at radius 3 is 1.85 bits per heavy atom. The highest BCUT2D eigenvalue weighted by Crippen LogP contribution is 2.52. The van der Waals surface area contributed by atoms with E-state index in [-0.39, 0.29) is 5.60 Å². The number of rotatable bonds is 4. The SMILES string of the molecule is C[C@@H]1CC(=CCP(=O)(c2ccccc2)c2ccccc2)C[C@@H](C)C12CO2. The van der Waals surface area contributed by atoms with Gasteiger partial charge in [-0.15, -0.1) is 0 Å². The molecule has 0 amide bonds. The predicted molar refractivity (Wildman–Crippen MR) is 109 cm³/mol. The van der Waals surface area contributed by atoms with Crippen molar-refractivity contribution in [3.8, 4) is 0 Å². The molecule has 26 heavy (non-hydrogen) atoms.